The Labute approximate surface area is 141 Å². The molecule has 3 rings (SSSR count). The van der Waals surface area contributed by atoms with Crippen LogP contribution in [0.1, 0.15) is 53.2 Å². The number of fused-ring (bicyclic) bond motifs is 1. The summed E-state index contributed by atoms with van der Waals surface area (Å²) in [5.41, 5.74) is -0.456. The number of nitrogens with zero attached hydrogens (tertiary/aromatic N) is 4. The van der Waals surface area contributed by atoms with Crippen LogP contribution in [0.25, 0.3) is 0 Å². The van der Waals surface area contributed by atoms with Crippen LogP contribution in [0.15, 0.2) is 12.4 Å². The van der Waals surface area contributed by atoms with Crippen molar-refractivity contribution in [2.75, 3.05) is 4.90 Å². The number of carboxylic acid groups (broad SMARTS) is 1. The molecule has 1 aliphatic carbocycles. The Morgan fingerprint density at radius 2 is 1.88 bits per heavy atom. The third-order valence-electron chi connectivity index (χ3n) is 5.00. The molecule has 0 saturated heterocycles. The van der Waals surface area contributed by atoms with Crippen LogP contribution in [0.3, 0.4) is 0 Å². The van der Waals surface area contributed by atoms with E-state index in [9.17, 15) is 14.7 Å². The second kappa shape index (κ2) is 5.16. The molecule has 2 aliphatic rings. The number of anilines is 1. The average molecular weight is 332 g/mol. The molecule has 2 heterocycles. The summed E-state index contributed by atoms with van der Waals surface area (Å²) in [6.45, 7) is 9.38. The van der Waals surface area contributed by atoms with Gasteiger partial charge in [-0.1, -0.05) is 0 Å². The van der Waals surface area contributed by atoms with Crippen molar-refractivity contribution in [3.63, 3.8) is 0 Å². The Kier molecular flexibility index (Phi) is 3.58. The third kappa shape index (κ3) is 2.34. The second-order valence-corrected chi connectivity index (χ2v) is 8.13. The van der Waals surface area contributed by atoms with Crippen molar-refractivity contribution >= 4 is 17.8 Å². The van der Waals surface area contributed by atoms with E-state index in [-0.39, 0.29) is 18.0 Å². The van der Waals surface area contributed by atoms with Gasteiger partial charge in [0, 0.05) is 30.0 Å². The van der Waals surface area contributed by atoms with Crippen LogP contribution in [0.4, 0.5) is 10.6 Å². The van der Waals surface area contributed by atoms with Gasteiger partial charge in [-0.2, -0.15) is 0 Å². The summed E-state index contributed by atoms with van der Waals surface area (Å²) in [7, 11) is 0. The van der Waals surface area contributed by atoms with Gasteiger partial charge in [0.05, 0.1) is 11.1 Å². The van der Waals surface area contributed by atoms with Crippen LogP contribution in [-0.4, -0.2) is 49.6 Å². The summed E-state index contributed by atoms with van der Waals surface area (Å²) in [4.78, 5) is 36.4. The molecule has 1 aromatic rings. The highest BCUT2D eigenvalue weighted by atomic mass is 16.4. The SMILES string of the molecule is CC1(C)C(=O)N([C@H]2C[C@H](N(C(=O)O)C(C)(C)C)C2)c2nccnc21. The maximum Gasteiger partial charge on any atom is 0.407 e. The quantitative estimate of drug-likeness (QED) is 0.898. The average Bonchev–Trinajstić information content (AvgIpc) is 2.61. The molecule has 7 nitrogen and oxygen atoms in total. The molecule has 1 fully saturated rings. The number of aromatic nitrogens is 2. The lowest BCUT2D eigenvalue weighted by Gasteiger charge is -2.49. The summed E-state index contributed by atoms with van der Waals surface area (Å²) >= 11 is 0. The Morgan fingerprint density at radius 1 is 1.29 bits per heavy atom. The lowest BCUT2D eigenvalue weighted by atomic mass is 9.82. The van der Waals surface area contributed by atoms with Gasteiger partial charge >= 0.3 is 6.09 Å². The van der Waals surface area contributed by atoms with E-state index in [4.69, 9.17) is 0 Å². The number of amides is 2. The second-order valence-electron chi connectivity index (χ2n) is 8.13. The first kappa shape index (κ1) is 16.7. The Balaban J connectivity index is 1.82. The van der Waals surface area contributed by atoms with E-state index < -0.39 is 17.0 Å². The number of carbonyl (C=O) groups excluding carboxylic acids is 1. The van der Waals surface area contributed by atoms with Crippen LogP contribution in [0, 0.1) is 0 Å². The van der Waals surface area contributed by atoms with Crippen LogP contribution in [0.2, 0.25) is 0 Å². The highest BCUT2D eigenvalue weighted by Crippen LogP contribution is 2.44. The standard InChI is InChI=1S/C17H24N4O3/c1-16(2,3)21(15(23)24)11-8-10(9-11)20-13-12(18-6-7-19-13)17(4,5)14(20)22/h6-7,10-11H,8-9H2,1-5H3,(H,23,24)/t10-,11-. The maximum atomic E-state index is 12.8. The van der Waals surface area contributed by atoms with Gasteiger partial charge in [0.2, 0.25) is 5.91 Å². The monoisotopic (exact) mass is 332 g/mol. The van der Waals surface area contributed by atoms with Crippen molar-refractivity contribution < 1.29 is 14.7 Å². The van der Waals surface area contributed by atoms with Crippen LogP contribution in [-0.2, 0) is 10.2 Å². The van der Waals surface area contributed by atoms with E-state index in [1.165, 1.54) is 4.90 Å². The highest BCUT2D eigenvalue weighted by Gasteiger charge is 2.53. The Morgan fingerprint density at radius 3 is 2.42 bits per heavy atom. The molecule has 1 aromatic heterocycles. The molecular formula is C17H24N4O3. The molecule has 0 bridgehead atoms. The van der Waals surface area contributed by atoms with Crippen molar-refractivity contribution in [1.29, 1.82) is 0 Å². The van der Waals surface area contributed by atoms with Crippen molar-refractivity contribution in [2.24, 2.45) is 0 Å². The van der Waals surface area contributed by atoms with Crippen LogP contribution in [0.5, 0.6) is 0 Å². The van der Waals surface area contributed by atoms with Crippen LogP contribution < -0.4 is 4.90 Å². The fraction of sp³-hybridized carbons (Fsp3) is 0.647. The smallest absolute Gasteiger partial charge is 0.407 e. The molecular weight excluding hydrogens is 308 g/mol. The van der Waals surface area contributed by atoms with Gasteiger partial charge in [0.1, 0.15) is 0 Å². The summed E-state index contributed by atoms with van der Waals surface area (Å²) in [6.07, 6.45) is 3.53. The van der Waals surface area contributed by atoms with Gasteiger partial charge in [-0.15, -0.1) is 0 Å². The third-order valence-corrected chi connectivity index (χ3v) is 5.00. The van der Waals surface area contributed by atoms with E-state index in [1.807, 2.05) is 34.6 Å². The molecule has 0 unspecified atom stereocenters. The first-order chi connectivity index (χ1) is 11.0. The lowest BCUT2D eigenvalue weighted by molar-refractivity contribution is -0.123. The Hall–Kier alpha value is -2.18. The fourth-order valence-electron chi connectivity index (χ4n) is 3.76. The topological polar surface area (TPSA) is 86.6 Å². The maximum absolute atomic E-state index is 12.8. The van der Waals surface area contributed by atoms with Gasteiger partial charge in [-0.3, -0.25) is 14.7 Å². The lowest BCUT2D eigenvalue weighted by Crippen LogP contribution is -2.61. The minimum Gasteiger partial charge on any atom is -0.465 e. The molecule has 0 aromatic carbocycles. The van der Waals surface area contributed by atoms with Gasteiger partial charge in [0.25, 0.3) is 0 Å². The molecule has 2 amide bonds. The first-order valence-electron chi connectivity index (χ1n) is 8.22. The largest absolute Gasteiger partial charge is 0.465 e. The fourth-order valence-corrected chi connectivity index (χ4v) is 3.76. The minimum atomic E-state index is -0.917. The van der Waals surface area contributed by atoms with E-state index >= 15 is 0 Å². The van der Waals surface area contributed by atoms with E-state index in [0.717, 1.165) is 0 Å². The summed E-state index contributed by atoms with van der Waals surface area (Å²) in [5.74, 6) is 0.610. The normalized spacial score (nSPS) is 25.2. The molecule has 1 aliphatic heterocycles. The van der Waals surface area contributed by atoms with E-state index in [2.05, 4.69) is 9.97 Å². The predicted octanol–water partition coefficient (Wildman–Crippen LogP) is 2.41. The predicted molar refractivity (Wildman–Crippen MR) is 89.0 cm³/mol. The van der Waals surface area contributed by atoms with Gasteiger partial charge in [0.15, 0.2) is 5.82 Å². The zero-order valence-corrected chi connectivity index (χ0v) is 14.8. The first-order valence-corrected chi connectivity index (χ1v) is 8.22. The number of carbonyl (C=O) groups is 2. The zero-order valence-electron chi connectivity index (χ0n) is 14.8. The molecule has 0 spiro atoms. The molecule has 1 N–H and O–H groups in total. The van der Waals surface area contributed by atoms with Gasteiger partial charge in [-0.05, 0) is 47.5 Å². The molecule has 130 valence electrons. The van der Waals surface area contributed by atoms with Crippen molar-refractivity contribution in [3.05, 3.63) is 18.1 Å². The minimum absolute atomic E-state index is 0.00946. The number of hydrogen-bond donors (Lipinski definition) is 1. The number of rotatable bonds is 2. The molecule has 7 heteroatoms. The van der Waals surface area contributed by atoms with Gasteiger partial charge in [-0.25, -0.2) is 9.78 Å². The van der Waals surface area contributed by atoms with Crippen LogP contribution >= 0.6 is 0 Å². The van der Waals surface area contributed by atoms with Crippen molar-refractivity contribution in [2.45, 2.75) is 70.5 Å². The summed E-state index contributed by atoms with van der Waals surface area (Å²) < 4.78 is 0. The summed E-state index contributed by atoms with van der Waals surface area (Å²) in [5, 5.41) is 9.51. The van der Waals surface area contributed by atoms with Crippen molar-refractivity contribution in [3.8, 4) is 0 Å². The number of hydrogen-bond acceptors (Lipinski definition) is 4. The molecule has 0 radical (unpaired) electrons. The summed E-state index contributed by atoms with van der Waals surface area (Å²) in [6, 6.07) is -0.104. The Bertz CT molecular complexity index is 689. The van der Waals surface area contributed by atoms with E-state index in [0.29, 0.717) is 24.4 Å². The molecule has 1 saturated carbocycles. The van der Waals surface area contributed by atoms with Crippen molar-refractivity contribution in [1.82, 2.24) is 14.9 Å². The molecule has 0 atom stereocenters. The van der Waals surface area contributed by atoms with Gasteiger partial charge < -0.3 is 10.0 Å². The zero-order chi connectivity index (χ0) is 17.9. The van der Waals surface area contributed by atoms with E-state index in [1.54, 1.807) is 17.3 Å². The molecule has 24 heavy (non-hydrogen) atoms. The highest BCUT2D eigenvalue weighted by molar-refractivity contribution is 6.06.